The van der Waals surface area contributed by atoms with Crippen LogP contribution in [0.15, 0.2) is 42.6 Å². The van der Waals surface area contributed by atoms with Crippen molar-refractivity contribution in [2.45, 2.75) is 51.5 Å². The quantitative estimate of drug-likeness (QED) is 0.834. The Bertz CT molecular complexity index is 681. The molecule has 1 fully saturated rings. The first-order valence-electron chi connectivity index (χ1n) is 9.24. The minimum atomic E-state index is -0.0975. The minimum Gasteiger partial charge on any atom is -0.348 e. The fourth-order valence-corrected chi connectivity index (χ4v) is 3.34. The van der Waals surface area contributed by atoms with Gasteiger partial charge in [-0.15, -0.1) is 0 Å². The number of carbonyl (C=O) groups is 1. The summed E-state index contributed by atoms with van der Waals surface area (Å²) in [5.74, 6) is 0.460. The van der Waals surface area contributed by atoms with Gasteiger partial charge >= 0.3 is 0 Å². The average Bonchev–Trinajstić information content (AvgIpc) is 2.92. The molecule has 1 aliphatic rings. The van der Waals surface area contributed by atoms with Gasteiger partial charge in [0.25, 0.3) is 5.91 Å². The Balaban J connectivity index is 1.75. The highest BCUT2D eigenvalue weighted by Gasteiger charge is 2.18. The second-order valence-electron chi connectivity index (χ2n) is 6.48. The number of rotatable bonds is 5. The van der Waals surface area contributed by atoms with Crippen LogP contribution in [0, 0.1) is 0 Å². The molecule has 0 saturated heterocycles. The zero-order valence-electron chi connectivity index (χ0n) is 14.8. The van der Waals surface area contributed by atoms with Gasteiger partial charge in [0.2, 0.25) is 5.95 Å². The first kappa shape index (κ1) is 17.4. The largest absolute Gasteiger partial charge is 0.348 e. The van der Waals surface area contributed by atoms with Crippen LogP contribution in [0.5, 0.6) is 0 Å². The van der Waals surface area contributed by atoms with Crippen molar-refractivity contribution in [1.29, 1.82) is 0 Å². The molecule has 0 aliphatic heterocycles. The average molecular weight is 338 g/mol. The SMILES string of the molecule is CCN(c1ccccc1)c1nccc(C(=O)NC2CCCCCC2)n1. The molecule has 1 aliphatic carbocycles. The molecule has 3 rings (SSSR count). The van der Waals surface area contributed by atoms with Crippen LogP contribution in [0.2, 0.25) is 0 Å². The zero-order valence-corrected chi connectivity index (χ0v) is 14.8. The molecule has 1 aromatic heterocycles. The molecule has 0 spiro atoms. The van der Waals surface area contributed by atoms with E-state index in [0.717, 1.165) is 25.1 Å². The maximum absolute atomic E-state index is 12.6. The van der Waals surface area contributed by atoms with E-state index in [1.54, 1.807) is 12.3 Å². The molecule has 0 bridgehead atoms. The normalized spacial score (nSPS) is 15.4. The Labute approximate surface area is 149 Å². The van der Waals surface area contributed by atoms with E-state index in [4.69, 9.17) is 0 Å². The van der Waals surface area contributed by atoms with Crippen molar-refractivity contribution in [1.82, 2.24) is 15.3 Å². The molecule has 0 radical (unpaired) electrons. The molecule has 1 saturated carbocycles. The lowest BCUT2D eigenvalue weighted by Gasteiger charge is -2.21. The third-order valence-electron chi connectivity index (χ3n) is 4.69. The number of amides is 1. The number of carbonyl (C=O) groups excluding carboxylic acids is 1. The Morgan fingerprint density at radius 1 is 1.12 bits per heavy atom. The van der Waals surface area contributed by atoms with Crippen molar-refractivity contribution < 1.29 is 4.79 Å². The van der Waals surface area contributed by atoms with Gasteiger partial charge in [0.15, 0.2) is 0 Å². The lowest BCUT2D eigenvalue weighted by Crippen LogP contribution is -2.35. The van der Waals surface area contributed by atoms with Crippen LogP contribution in [-0.4, -0.2) is 28.5 Å². The smallest absolute Gasteiger partial charge is 0.270 e. The Hall–Kier alpha value is -2.43. The molecule has 5 heteroatoms. The van der Waals surface area contributed by atoms with Crippen LogP contribution in [0.4, 0.5) is 11.6 Å². The molecule has 1 heterocycles. The number of aromatic nitrogens is 2. The van der Waals surface area contributed by atoms with E-state index in [2.05, 4.69) is 22.2 Å². The molecule has 132 valence electrons. The number of hydrogen-bond acceptors (Lipinski definition) is 4. The topological polar surface area (TPSA) is 58.1 Å². The summed E-state index contributed by atoms with van der Waals surface area (Å²) in [4.78, 5) is 23.5. The highest BCUT2D eigenvalue weighted by atomic mass is 16.1. The van der Waals surface area contributed by atoms with Crippen LogP contribution >= 0.6 is 0 Å². The lowest BCUT2D eigenvalue weighted by atomic mass is 10.1. The van der Waals surface area contributed by atoms with E-state index in [9.17, 15) is 4.79 Å². The predicted molar refractivity (Wildman–Crippen MR) is 100 cm³/mol. The molecule has 5 nitrogen and oxygen atoms in total. The summed E-state index contributed by atoms with van der Waals surface area (Å²) in [7, 11) is 0. The number of anilines is 2. The van der Waals surface area contributed by atoms with Gasteiger partial charge in [-0.2, -0.15) is 0 Å². The first-order valence-corrected chi connectivity index (χ1v) is 9.24. The molecule has 0 atom stereocenters. The molecule has 2 aromatic rings. The second kappa shape index (κ2) is 8.60. The van der Waals surface area contributed by atoms with Gasteiger partial charge < -0.3 is 10.2 Å². The summed E-state index contributed by atoms with van der Waals surface area (Å²) in [5, 5.41) is 3.15. The van der Waals surface area contributed by atoms with Crippen LogP contribution in [0.1, 0.15) is 55.9 Å². The highest BCUT2D eigenvalue weighted by Crippen LogP contribution is 2.21. The van der Waals surface area contributed by atoms with Crippen molar-refractivity contribution >= 4 is 17.5 Å². The van der Waals surface area contributed by atoms with E-state index in [0.29, 0.717) is 11.6 Å². The molecule has 1 N–H and O–H groups in total. The summed E-state index contributed by atoms with van der Waals surface area (Å²) in [5.41, 5.74) is 1.45. The summed E-state index contributed by atoms with van der Waals surface area (Å²) in [6.45, 7) is 2.78. The molecule has 25 heavy (non-hydrogen) atoms. The monoisotopic (exact) mass is 338 g/mol. The van der Waals surface area contributed by atoms with E-state index >= 15 is 0 Å². The van der Waals surface area contributed by atoms with Gasteiger partial charge in [0.1, 0.15) is 5.69 Å². The van der Waals surface area contributed by atoms with Gasteiger partial charge in [-0.1, -0.05) is 43.9 Å². The third-order valence-corrected chi connectivity index (χ3v) is 4.69. The molecular formula is C20H26N4O. The maximum atomic E-state index is 12.6. The van der Waals surface area contributed by atoms with E-state index in [1.807, 2.05) is 35.2 Å². The number of nitrogens with zero attached hydrogens (tertiary/aromatic N) is 3. The predicted octanol–water partition coefficient (Wildman–Crippen LogP) is 4.09. The van der Waals surface area contributed by atoms with Crippen molar-refractivity contribution in [3.05, 3.63) is 48.3 Å². The van der Waals surface area contributed by atoms with Crippen LogP contribution in [0.3, 0.4) is 0 Å². The van der Waals surface area contributed by atoms with Crippen LogP contribution in [0.25, 0.3) is 0 Å². The van der Waals surface area contributed by atoms with E-state index in [1.165, 1.54) is 25.7 Å². The Kier molecular flexibility index (Phi) is 5.99. The molecule has 1 amide bonds. The standard InChI is InChI=1S/C20H26N4O/c1-2-24(17-12-8-5-9-13-17)20-21-15-14-18(23-20)19(25)22-16-10-6-3-4-7-11-16/h5,8-9,12-16H,2-4,6-7,10-11H2,1H3,(H,22,25). The van der Waals surface area contributed by atoms with Gasteiger partial charge in [-0.05, 0) is 38.0 Å². The molecule has 1 aromatic carbocycles. The van der Waals surface area contributed by atoms with Gasteiger partial charge in [0.05, 0.1) is 0 Å². The number of nitrogens with one attached hydrogen (secondary N) is 1. The van der Waals surface area contributed by atoms with Gasteiger partial charge in [0, 0.05) is 24.5 Å². The van der Waals surface area contributed by atoms with Crippen molar-refractivity contribution in [2.24, 2.45) is 0 Å². The minimum absolute atomic E-state index is 0.0975. The first-order chi connectivity index (χ1) is 12.3. The maximum Gasteiger partial charge on any atom is 0.270 e. The number of benzene rings is 1. The van der Waals surface area contributed by atoms with E-state index < -0.39 is 0 Å². The van der Waals surface area contributed by atoms with Crippen molar-refractivity contribution in [3.63, 3.8) is 0 Å². The summed E-state index contributed by atoms with van der Waals surface area (Å²) in [6.07, 6.45) is 8.72. The summed E-state index contributed by atoms with van der Waals surface area (Å²) >= 11 is 0. The van der Waals surface area contributed by atoms with Crippen LogP contribution < -0.4 is 10.2 Å². The Morgan fingerprint density at radius 2 is 1.84 bits per heavy atom. The third kappa shape index (κ3) is 4.56. The van der Waals surface area contributed by atoms with Gasteiger partial charge in [-0.3, -0.25) is 4.79 Å². The fraction of sp³-hybridized carbons (Fsp3) is 0.450. The fourth-order valence-electron chi connectivity index (χ4n) is 3.34. The lowest BCUT2D eigenvalue weighted by molar-refractivity contribution is 0.0928. The Morgan fingerprint density at radius 3 is 2.52 bits per heavy atom. The second-order valence-corrected chi connectivity index (χ2v) is 6.48. The number of hydrogen-bond donors (Lipinski definition) is 1. The van der Waals surface area contributed by atoms with Crippen molar-refractivity contribution in [3.8, 4) is 0 Å². The van der Waals surface area contributed by atoms with Crippen LogP contribution in [-0.2, 0) is 0 Å². The van der Waals surface area contributed by atoms with E-state index in [-0.39, 0.29) is 11.9 Å². The molecular weight excluding hydrogens is 312 g/mol. The highest BCUT2D eigenvalue weighted by molar-refractivity contribution is 5.92. The van der Waals surface area contributed by atoms with Gasteiger partial charge in [-0.25, -0.2) is 9.97 Å². The summed E-state index contributed by atoms with van der Waals surface area (Å²) < 4.78 is 0. The molecule has 0 unspecified atom stereocenters. The zero-order chi connectivity index (χ0) is 17.5. The van der Waals surface area contributed by atoms with Crippen molar-refractivity contribution in [2.75, 3.05) is 11.4 Å². The number of para-hydroxylation sites is 1. The summed E-state index contributed by atoms with van der Waals surface area (Å²) in [6, 6.07) is 11.9.